The van der Waals surface area contributed by atoms with Gasteiger partial charge in [0.05, 0.1) is 13.2 Å². The Morgan fingerprint density at radius 1 is 0.963 bits per heavy atom. The molecule has 0 aliphatic rings. The summed E-state index contributed by atoms with van der Waals surface area (Å²) >= 11 is 0.382. The molecule has 0 saturated heterocycles. The summed E-state index contributed by atoms with van der Waals surface area (Å²) in [5.74, 6) is 0.912. The van der Waals surface area contributed by atoms with Gasteiger partial charge in [-0.05, 0) is 9.85 Å². The first-order valence-corrected chi connectivity index (χ1v) is 9.99. The maximum atomic E-state index is 10.4. The third-order valence-corrected chi connectivity index (χ3v) is 3.09. The van der Waals surface area contributed by atoms with Crippen molar-refractivity contribution in [2.75, 3.05) is 13.2 Å². The average molecular weight is 472 g/mol. The van der Waals surface area contributed by atoms with Crippen LogP contribution < -0.4 is 0 Å². The van der Waals surface area contributed by atoms with Crippen molar-refractivity contribution in [2.24, 2.45) is 0 Å². The molecule has 0 aliphatic heterocycles. The van der Waals surface area contributed by atoms with Gasteiger partial charge in [0.2, 0.25) is 0 Å². The molecule has 2 aromatic heterocycles. The van der Waals surface area contributed by atoms with Crippen molar-refractivity contribution in [3.8, 4) is 0 Å². The molecule has 2 N–H and O–H groups in total. The Morgan fingerprint density at radius 3 is 1.48 bits per heavy atom. The van der Waals surface area contributed by atoms with Crippen LogP contribution in [-0.4, -0.2) is 52.4 Å². The molecule has 155 valence electrons. The van der Waals surface area contributed by atoms with Crippen molar-refractivity contribution < 1.29 is 33.0 Å². The average Bonchev–Trinajstić information content (AvgIpc) is 3.14. The van der Waals surface area contributed by atoms with Gasteiger partial charge in [-0.25, -0.2) is 19.1 Å². The van der Waals surface area contributed by atoms with Crippen molar-refractivity contribution in [1.82, 2.24) is 19.1 Å². The van der Waals surface area contributed by atoms with E-state index in [0.717, 1.165) is 0 Å². The zero-order valence-electron chi connectivity index (χ0n) is 14.3. The molecular weight excluding hydrogens is 454 g/mol. The van der Waals surface area contributed by atoms with E-state index in [4.69, 9.17) is 30.5 Å². The fraction of sp³-hybridized carbons (Fsp3) is 0.500. The second-order valence-corrected chi connectivity index (χ2v) is 6.36. The van der Waals surface area contributed by atoms with Gasteiger partial charge in [-0.15, -0.1) is 0 Å². The van der Waals surface area contributed by atoms with Crippen molar-refractivity contribution in [3.63, 3.8) is 0 Å². The van der Waals surface area contributed by atoms with Gasteiger partial charge in [-0.1, -0.05) is 0 Å². The van der Waals surface area contributed by atoms with Crippen LogP contribution in [0, 0.1) is 34.1 Å². The number of nitrogens with zero attached hydrogens (tertiary/aromatic N) is 6. The van der Waals surface area contributed by atoms with Crippen molar-refractivity contribution in [2.45, 2.75) is 26.9 Å². The topological polar surface area (TPSA) is 162 Å². The summed E-state index contributed by atoms with van der Waals surface area (Å²) < 4.78 is 2.72. The quantitative estimate of drug-likeness (QED) is 0.473. The molecule has 15 heteroatoms. The molecule has 0 unspecified atom stereocenters. The molecule has 0 fully saturated rings. The Labute approximate surface area is 168 Å². The molecule has 0 aliphatic carbocycles. The summed E-state index contributed by atoms with van der Waals surface area (Å²) in [5.41, 5.74) is 0. The third kappa shape index (κ3) is 8.19. The fourth-order valence-corrected chi connectivity index (χ4v) is 1.96. The van der Waals surface area contributed by atoms with Crippen LogP contribution >= 0.6 is 20.3 Å². The number of hydrogen-bond acceptors (Lipinski definition) is 8. The molecule has 12 nitrogen and oxygen atoms in total. The van der Waals surface area contributed by atoms with Crippen LogP contribution in [0.1, 0.15) is 11.6 Å². The number of nitro groups is 2. The zero-order chi connectivity index (χ0) is 21.0. The van der Waals surface area contributed by atoms with E-state index in [1.807, 2.05) is 0 Å². The molecule has 0 radical (unpaired) electrons. The van der Waals surface area contributed by atoms with Crippen molar-refractivity contribution in [3.05, 3.63) is 44.3 Å². The first kappa shape index (κ1) is 25.2. The van der Waals surface area contributed by atoms with E-state index < -0.39 is 9.85 Å². The molecule has 0 saturated carbocycles. The summed E-state index contributed by atoms with van der Waals surface area (Å²) in [4.78, 5) is 27.2. The Bertz CT molecular complexity index is 680. The van der Waals surface area contributed by atoms with E-state index >= 15 is 0 Å². The van der Waals surface area contributed by atoms with Crippen LogP contribution in [0.15, 0.2) is 12.4 Å². The number of hydrogen-bond donors (Lipinski definition) is 2. The van der Waals surface area contributed by atoms with Gasteiger partial charge in [0, 0.05) is 13.8 Å². The number of halogens is 2. The molecule has 0 bridgehead atoms. The van der Waals surface area contributed by atoms with Crippen LogP contribution in [0.2, 0.25) is 0 Å². The minimum atomic E-state index is -0.518. The van der Waals surface area contributed by atoms with Crippen molar-refractivity contribution in [1.29, 1.82) is 0 Å². The van der Waals surface area contributed by atoms with E-state index in [-0.39, 0.29) is 37.9 Å². The number of aromatic nitrogens is 4. The first-order chi connectivity index (χ1) is 12.7. The molecule has 27 heavy (non-hydrogen) atoms. The Hall–Kier alpha value is -1.77. The fourth-order valence-electron chi connectivity index (χ4n) is 1.96. The molecule has 2 aromatic rings. The van der Waals surface area contributed by atoms with E-state index in [9.17, 15) is 20.2 Å². The van der Waals surface area contributed by atoms with Gasteiger partial charge in [0.1, 0.15) is 25.5 Å². The second kappa shape index (κ2) is 13.4. The zero-order valence-corrected chi connectivity index (χ0v) is 16.8. The SMILES string of the molecule is Cc1ncc([N+](=O)[O-])n1CCO.Cc1ncc([N+](=O)[O-])n1CCO.[Cl][Co][Cl]. The molecular formula is C12H18Cl2CoN6O6. The van der Waals surface area contributed by atoms with Gasteiger partial charge >= 0.3 is 44.8 Å². The van der Waals surface area contributed by atoms with E-state index in [1.54, 1.807) is 13.8 Å². The molecule has 0 aromatic carbocycles. The molecule has 2 heterocycles. The number of aliphatic hydroxyl groups is 2. The van der Waals surface area contributed by atoms with Gasteiger partial charge in [0.15, 0.2) is 11.6 Å². The van der Waals surface area contributed by atoms with Gasteiger partial charge in [0.25, 0.3) is 0 Å². The molecule has 2 rings (SSSR count). The summed E-state index contributed by atoms with van der Waals surface area (Å²) in [7, 11) is 9.47. The summed E-state index contributed by atoms with van der Waals surface area (Å²) in [5, 5.41) is 37.9. The summed E-state index contributed by atoms with van der Waals surface area (Å²) in [6, 6.07) is 0. The summed E-state index contributed by atoms with van der Waals surface area (Å²) in [6.45, 7) is 3.48. The minimum absolute atomic E-state index is 0.0819. The van der Waals surface area contributed by atoms with Crippen LogP contribution in [0.25, 0.3) is 0 Å². The van der Waals surface area contributed by atoms with Crippen molar-refractivity contribution >= 4 is 31.9 Å². The van der Waals surface area contributed by atoms with Gasteiger partial charge in [-0.2, -0.15) is 0 Å². The second-order valence-electron chi connectivity index (χ2n) is 4.64. The number of rotatable bonds is 6. The van der Waals surface area contributed by atoms with E-state index in [2.05, 4.69) is 9.97 Å². The summed E-state index contributed by atoms with van der Waals surface area (Å²) in [6.07, 6.45) is 2.37. The molecule has 0 spiro atoms. The van der Waals surface area contributed by atoms with Gasteiger partial charge in [-0.3, -0.25) is 0 Å². The molecule has 0 atom stereocenters. The monoisotopic (exact) mass is 471 g/mol. The Balaban J connectivity index is 0.000000438. The number of imidazole rings is 2. The number of aryl methyl sites for hydroxylation is 2. The van der Waals surface area contributed by atoms with Crippen LogP contribution in [0.3, 0.4) is 0 Å². The van der Waals surface area contributed by atoms with Crippen LogP contribution in [0.4, 0.5) is 11.6 Å². The number of aliphatic hydroxyl groups excluding tert-OH is 2. The maximum absolute atomic E-state index is 10.4. The normalized spacial score (nSPS) is 9.85. The molecule has 0 amide bonds. The predicted octanol–water partition coefficient (Wildman–Crippen LogP) is 1.56. The third-order valence-electron chi connectivity index (χ3n) is 3.09. The predicted molar refractivity (Wildman–Crippen MR) is 93.1 cm³/mol. The first-order valence-electron chi connectivity index (χ1n) is 7.13. The van der Waals surface area contributed by atoms with E-state index in [1.165, 1.54) is 21.5 Å². The van der Waals surface area contributed by atoms with Crippen LogP contribution in [0.5, 0.6) is 0 Å². The Kier molecular flexibility index (Phi) is 12.5. The van der Waals surface area contributed by atoms with Crippen LogP contribution in [-0.2, 0) is 26.0 Å². The Morgan fingerprint density at radius 2 is 1.26 bits per heavy atom. The van der Waals surface area contributed by atoms with Gasteiger partial charge < -0.3 is 30.4 Å². The van der Waals surface area contributed by atoms with E-state index in [0.29, 0.717) is 24.5 Å². The standard InChI is InChI=1S/2C6H9N3O3.2ClH.Co/c2*1-5-7-4-6(9(11)12)8(5)2-3-10;;;/h2*4,10H,2-3H2,1H3;2*1H;/q;;;;+2/p-2.